The molecule has 1 aromatic carbocycles. The summed E-state index contributed by atoms with van der Waals surface area (Å²) >= 11 is 3.36. The lowest BCUT2D eigenvalue weighted by molar-refractivity contribution is 0.195. The van der Waals surface area contributed by atoms with Crippen molar-refractivity contribution >= 4 is 15.9 Å². The number of rotatable bonds is 6. The van der Waals surface area contributed by atoms with Gasteiger partial charge < -0.3 is 15.3 Å². The standard InChI is InChI=1S/C16H25BrN2O/c1-2-3-8-19-9-6-14(7-10-19)18-12-13-4-5-16(20)15(17)11-13/h4-5,11,14,18,20H,2-3,6-10,12H2,1H3. The van der Waals surface area contributed by atoms with Crippen LogP contribution in [0, 0.1) is 0 Å². The molecule has 112 valence electrons. The lowest BCUT2D eigenvalue weighted by Crippen LogP contribution is -2.42. The fraction of sp³-hybridized carbons (Fsp3) is 0.625. The van der Waals surface area contributed by atoms with Crippen LogP contribution < -0.4 is 5.32 Å². The van der Waals surface area contributed by atoms with Crippen LogP contribution in [0.25, 0.3) is 0 Å². The zero-order valence-electron chi connectivity index (χ0n) is 12.2. The smallest absolute Gasteiger partial charge is 0.129 e. The van der Waals surface area contributed by atoms with E-state index in [0.717, 1.165) is 11.0 Å². The van der Waals surface area contributed by atoms with Crippen molar-refractivity contribution in [3.05, 3.63) is 28.2 Å². The number of piperidine rings is 1. The van der Waals surface area contributed by atoms with E-state index in [0.29, 0.717) is 11.8 Å². The van der Waals surface area contributed by atoms with Gasteiger partial charge in [-0.1, -0.05) is 19.4 Å². The van der Waals surface area contributed by atoms with Crippen LogP contribution in [0.2, 0.25) is 0 Å². The van der Waals surface area contributed by atoms with Crippen LogP contribution >= 0.6 is 15.9 Å². The average molecular weight is 341 g/mol. The number of unbranched alkanes of at least 4 members (excludes halogenated alkanes) is 1. The van der Waals surface area contributed by atoms with Crippen LogP contribution in [0.5, 0.6) is 5.75 Å². The summed E-state index contributed by atoms with van der Waals surface area (Å²) < 4.78 is 0.770. The summed E-state index contributed by atoms with van der Waals surface area (Å²) in [5.74, 6) is 0.304. The molecule has 1 fully saturated rings. The molecule has 1 saturated heterocycles. The number of benzene rings is 1. The van der Waals surface area contributed by atoms with Crippen molar-refractivity contribution in [1.82, 2.24) is 10.2 Å². The fourth-order valence-corrected chi connectivity index (χ4v) is 3.09. The fourth-order valence-electron chi connectivity index (χ4n) is 2.66. The molecule has 0 atom stereocenters. The molecule has 1 aliphatic rings. The summed E-state index contributed by atoms with van der Waals surface area (Å²) in [5.41, 5.74) is 1.21. The Morgan fingerprint density at radius 2 is 2.10 bits per heavy atom. The highest BCUT2D eigenvalue weighted by Gasteiger charge is 2.18. The summed E-state index contributed by atoms with van der Waals surface area (Å²) in [6.45, 7) is 6.82. The predicted octanol–water partition coefficient (Wildman–Crippen LogP) is 3.51. The van der Waals surface area contributed by atoms with E-state index in [1.54, 1.807) is 6.07 Å². The molecule has 2 rings (SSSR count). The van der Waals surface area contributed by atoms with Crippen molar-refractivity contribution in [2.24, 2.45) is 0 Å². The number of phenols is 1. The molecular weight excluding hydrogens is 316 g/mol. The lowest BCUT2D eigenvalue weighted by atomic mass is 10.0. The maximum atomic E-state index is 9.49. The van der Waals surface area contributed by atoms with E-state index in [-0.39, 0.29) is 0 Å². The molecular formula is C16H25BrN2O. The molecule has 0 radical (unpaired) electrons. The van der Waals surface area contributed by atoms with Gasteiger partial charge in [-0.25, -0.2) is 0 Å². The molecule has 0 unspecified atom stereocenters. The van der Waals surface area contributed by atoms with Crippen molar-refractivity contribution < 1.29 is 5.11 Å². The van der Waals surface area contributed by atoms with Gasteiger partial charge >= 0.3 is 0 Å². The van der Waals surface area contributed by atoms with E-state index < -0.39 is 0 Å². The molecule has 0 aliphatic carbocycles. The third kappa shape index (κ3) is 4.76. The number of hydrogen-bond donors (Lipinski definition) is 2. The second-order valence-corrected chi connectivity index (χ2v) is 6.49. The van der Waals surface area contributed by atoms with Crippen LogP contribution in [0.15, 0.2) is 22.7 Å². The van der Waals surface area contributed by atoms with Crippen LogP contribution in [0.4, 0.5) is 0 Å². The second-order valence-electron chi connectivity index (χ2n) is 5.64. The summed E-state index contributed by atoms with van der Waals surface area (Å²) in [7, 11) is 0. The van der Waals surface area contributed by atoms with Gasteiger partial charge in [-0.15, -0.1) is 0 Å². The third-order valence-electron chi connectivity index (χ3n) is 4.02. The van der Waals surface area contributed by atoms with Gasteiger partial charge in [0.15, 0.2) is 0 Å². The Morgan fingerprint density at radius 1 is 1.35 bits per heavy atom. The molecule has 1 aromatic rings. The topological polar surface area (TPSA) is 35.5 Å². The third-order valence-corrected chi connectivity index (χ3v) is 4.66. The molecule has 2 N–H and O–H groups in total. The van der Waals surface area contributed by atoms with Crippen LogP contribution in [0.1, 0.15) is 38.2 Å². The van der Waals surface area contributed by atoms with Gasteiger partial charge in [0.05, 0.1) is 4.47 Å². The van der Waals surface area contributed by atoms with Crippen LogP contribution in [-0.4, -0.2) is 35.7 Å². The van der Waals surface area contributed by atoms with Crippen LogP contribution in [0.3, 0.4) is 0 Å². The van der Waals surface area contributed by atoms with E-state index in [4.69, 9.17) is 0 Å². The monoisotopic (exact) mass is 340 g/mol. The van der Waals surface area contributed by atoms with Crippen molar-refractivity contribution in [3.63, 3.8) is 0 Å². The Morgan fingerprint density at radius 3 is 2.75 bits per heavy atom. The minimum Gasteiger partial charge on any atom is -0.507 e. The molecule has 0 bridgehead atoms. The van der Waals surface area contributed by atoms with E-state index in [1.165, 1.54) is 50.9 Å². The number of phenolic OH excluding ortho intramolecular Hbond substituents is 1. The summed E-state index contributed by atoms with van der Waals surface area (Å²) in [6, 6.07) is 6.33. The number of aromatic hydroxyl groups is 1. The van der Waals surface area contributed by atoms with E-state index >= 15 is 0 Å². The number of halogens is 1. The Labute approximate surface area is 130 Å². The zero-order chi connectivity index (χ0) is 14.4. The van der Waals surface area contributed by atoms with Gasteiger partial charge in [-0.2, -0.15) is 0 Å². The highest BCUT2D eigenvalue weighted by atomic mass is 79.9. The second kappa shape index (κ2) is 8.01. The first-order valence-electron chi connectivity index (χ1n) is 7.62. The Bertz CT molecular complexity index is 417. The molecule has 0 spiro atoms. The zero-order valence-corrected chi connectivity index (χ0v) is 13.8. The summed E-state index contributed by atoms with van der Waals surface area (Å²) in [6.07, 6.45) is 5.08. The molecule has 1 aliphatic heterocycles. The first-order valence-corrected chi connectivity index (χ1v) is 8.41. The first kappa shape index (κ1) is 15.8. The maximum Gasteiger partial charge on any atom is 0.129 e. The Kier molecular flexibility index (Phi) is 6.33. The highest BCUT2D eigenvalue weighted by Crippen LogP contribution is 2.24. The van der Waals surface area contributed by atoms with Gasteiger partial charge in [0.2, 0.25) is 0 Å². The van der Waals surface area contributed by atoms with E-state index in [9.17, 15) is 5.11 Å². The molecule has 3 nitrogen and oxygen atoms in total. The maximum absolute atomic E-state index is 9.49. The summed E-state index contributed by atoms with van der Waals surface area (Å²) in [4.78, 5) is 2.58. The van der Waals surface area contributed by atoms with Gasteiger partial charge in [0, 0.05) is 12.6 Å². The number of likely N-dealkylation sites (tertiary alicyclic amines) is 1. The lowest BCUT2D eigenvalue weighted by Gasteiger charge is -2.32. The number of hydrogen-bond acceptors (Lipinski definition) is 3. The molecule has 4 heteroatoms. The average Bonchev–Trinajstić information content (AvgIpc) is 2.47. The van der Waals surface area contributed by atoms with Crippen molar-refractivity contribution in [2.45, 2.75) is 45.2 Å². The Hall–Kier alpha value is -0.580. The van der Waals surface area contributed by atoms with Gasteiger partial charge in [-0.3, -0.25) is 0 Å². The van der Waals surface area contributed by atoms with Gasteiger partial charge in [0.25, 0.3) is 0 Å². The highest BCUT2D eigenvalue weighted by molar-refractivity contribution is 9.10. The predicted molar refractivity (Wildman–Crippen MR) is 87.0 cm³/mol. The molecule has 0 amide bonds. The molecule has 20 heavy (non-hydrogen) atoms. The number of nitrogens with one attached hydrogen (secondary N) is 1. The number of nitrogens with zero attached hydrogens (tertiary/aromatic N) is 1. The SMILES string of the molecule is CCCCN1CCC(NCc2ccc(O)c(Br)c2)CC1. The first-order chi connectivity index (χ1) is 9.69. The van der Waals surface area contributed by atoms with Crippen molar-refractivity contribution in [3.8, 4) is 5.75 Å². The quantitative estimate of drug-likeness (QED) is 0.831. The summed E-state index contributed by atoms with van der Waals surface area (Å²) in [5, 5.41) is 13.1. The normalized spacial score (nSPS) is 17.5. The Balaban J connectivity index is 1.71. The van der Waals surface area contributed by atoms with Crippen LogP contribution in [-0.2, 0) is 6.54 Å². The molecule has 1 heterocycles. The van der Waals surface area contributed by atoms with Crippen molar-refractivity contribution in [1.29, 1.82) is 0 Å². The largest absolute Gasteiger partial charge is 0.507 e. The van der Waals surface area contributed by atoms with E-state index in [2.05, 4.69) is 33.1 Å². The minimum absolute atomic E-state index is 0.304. The molecule has 0 aromatic heterocycles. The van der Waals surface area contributed by atoms with E-state index in [1.807, 2.05) is 12.1 Å². The van der Waals surface area contributed by atoms with Gasteiger partial charge in [-0.05, 0) is 72.5 Å². The van der Waals surface area contributed by atoms with Gasteiger partial charge in [0.1, 0.15) is 5.75 Å². The van der Waals surface area contributed by atoms with Crippen molar-refractivity contribution in [2.75, 3.05) is 19.6 Å². The minimum atomic E-state index is 0.304. The molecule has 0 saturated carbocycles.